The number of pyridine rings is 1. The Labute approximate surface area is 145 Å². The van der Waals surface area contributed by atoms with Crippen LogP contribution in [0.4, 0.5) is 11.4 Å². The fourth-order valence-corrected chi connectivity index (χ4v) is 2.77. The van der Waals surface area contributed by atoms with Gasteiger partial charge in [-0.3, -0.25) is 10.1 Å². The Hall–Kier alpha value is -2.99. The molecule has 1 aromatic heterocycles. The maximum absolute atomic E-state index is 11.2. The van der Waals surface area contributed by atoms with Crippen LogP contribution in [0.3, 0.4) is 0 Å². The smallest absolute Gasteiger partial charge is 0.295 e. The average molecular weight is 337 g/mol. The summed E-state index contributed by atoms with van der Waals surface area (Å²) in [6.07, 6.45) is -0.678. The predicted octanol–water partition coefficient (Wildman–Crippen LogP) is 3.91. The number of aliphatic hydroxyl groups is 1. The van der Waals surface area contributed by atoms with Gasteiger partial charge in [-0.05, 0) is 25.5 Å². The molecule has 3 aromatic rings. The highest BCUT2D eigenvalue weighted by atomic mass is 16.6. The first-order valence-corrected chi connectivity index (χ1v) is 7.99. The molecule has 0 aliphatic rings. The van der Waals surface area contributed by atoms with Gasteiger partial charge in [0, 0.05) is 29.4 Å². The molecule has 0 amide bonds. The van der Waals surface area contributed by atoms with E-state index in [1.54, 1.807) is 19.1 Å². The third-order valence-corrected chi connectivity index (χ3v) is 4.09. The molecule has 0 aliphatic carbocycles. The predicted molar refractivity (Wildman–Crippen MR) is 97.8 cm³/mol. The van der Waals surface area contributed by atoms with Crippen molar-refractivity contribution < 1.29 is 10.0 Å². The lowest BCUT2D eigenvalue weighted by Crippen LogP contribution is -2.12. The molecule has 0 radical (unpaired) electrons. The van der Waals surface area contributed by atoms with Crippen molar-refractivity contribution >= 4 is 22.3 Å². The number of aromatic nitrogens is 1. The molecule has 0 bridgehead atoms. The third kappa shape index (κ3) is 3.59. The van der Waals surface area contributed by atoms with Crippen LogP contribution in [-0.4, -0.2) is 21.6 Å². The monoisotopic (exact) mass is 337 g/mol. The Morgan fingerprint density at radius 3 is 2.60 bits per heavy atom. The van der Waals surface area contributed by atoms with Gasteiger partial charge in [0.2, 0.25) is 0 Å². The number of rotatable bonds is 5. The van der Waals surface area contributed by atoms with Crippen LogP contribution in [0, 0.1) is 24.0 Å². The minimum atomic E-state index is -0.678. The number of nitro benzene ring substituents is 1. The van der Waals surface area contributed by atoms with E-state index in [1.807, 2.05) is 37.3 Å². The van der Waals surface area contributed by atoms with Crippen molar-refractivity contribution in [3.8, 4) is 0 Å². The molecule has 0 spiro atoms. The standard InChI is InChI=1S/C19H19N3O3/c1-12-6-8-14(9-7-12)18(23)11-20-16-10-13(2)21-19-15(16)4-3-5-17(19)22(24)25/h3-10,18,23H,11H2,1-2H3,(H,20,21). The van der Waals surface area contributed by atoms with Crippen LogP contribution in [0.1, 0.15) is 22.9 Å². The summed E-state index contributed by atoms with van der Waals surface area (Å²) >= 11 is 0. The normalized spacial score (nSPS) is 12.1. The van der Waals surface area contributed by atoms with Gasteiger partial charge >= 0.3 is 0 Å². The molecule has 0 aliphatic heterocycles. The van der Waals surface area contributed by atoms with E-state index in [2.05, 4.69) is 10.3 Å². The van der Waals surface area contributed by atoms with Gasteiger partial charge in [0.05, 0.1) is 11.0 Å². The lowest BCUT2D eigenvalue weighted by Gasteiger charge is -2.15. The first-order chi connectivity index (χ1) is 12.0. The summed E-state index contributed by atoms with van der Waals surface area (Å²) in [5.74, 6) is 0. The molecule has 0 saturated carbocycles. The number of hydrogen-bond donors (Lipinski definition) is 2. The van der Waals surface area contributed by atoms with Crippen molar-refractivity contribution in [3.63, 3.8) is 0 Å². The zero-order valence-corrected chi connectivity index (χ0v) is 14.1. The second-order valence-electron chi connectivity index (χ2n) is 6.05. The molecular weight excluding hydrogens is 318 g/mol. The Morgan fingerprint density at radius 2 is 1.92 bits per heavy atom. The van der Waals surface area contributed by atoms with E-state index in [-0.39, 0.29) is 5.69 Å². The number of anilines is 1. The van der Waals surface area contributed by atoms with Gasteiger partial charge in [-0.15, -0.1) is 0 Å². The van der Waals surface area contributed by atoms with Crippen molar-refractivity contribution in [2.75, 3.05) is 11.9 Å². The summed E-state index contributed by atoms with van der Waals surface area (Å²) in [5, 5.41) is 25.4. The van der Waals surface area contributed by atoms with Gasteiger partial charge in [0.1, 0.15) is 0 Å². The number of para-hydroxylation sites is 1. The maximum atomic E-state index is 11.2. The lowest BCUT2D eigenvalue weighted by molar-refractivity contribution is -0.383. The minimum absolute atomic E-state index is 0.0247. The van der Waals surface area contributed by atoms with Crippen LogP contribution in [0.15, 0.2) is 48.5 Å². The number of nitrogens with zero attached hydrogens (tertiary/aromatic N) is 2. The van der Waals surface area contributed by atoms with Crippen molar-refractivity contribution in [3.05, 3.63) is 75.5 Å². The van der Waals surface area contributed by atoms with Crippen LogP contribution < -0.4 is 5.32 Å². The lowest BCUT2D eigenvalue weighted by atomic mass is 10.1. The SMILES string of the molecule is Cc1ccc(C(O)CNc2cc(C)nc3c([N+](=O)[O-])cccc23)cc1. The van der Waals surface area contributed by atoms with Crippen molar-refractivity contribution in [1.82, 2.24) is 4.98 Å². The number of non-ortho nitro benzene ring substituents is 1. The van der Waals surface area contributed by atoms with Crippen molar-refractivity contribution in [1.29, 1.82) is 0 Å². The Morgan fingerprint density at radius 1 is 1.20 bits per heavy atom. The third-order valence-electron chi connectivity index (χ3n) is 4.09. The van der Waals surface area contributed by atoms with Crippen LogP contribution in [0.25, 0.3) is 10.9 Å². The Kier molecular flexibility index (Phi) is 4.63. The molecule has 25 heavy (non-hydrogen) atoms. The maximum Gasteiger partial charge on any atom is 0.295 e. The molecule has 2 aromatic carbocycles. The fourth-order valence-electron chi connectivity index (χ4n) is 2.77. The molecule has 0 saturated heterocycles. The number of fused-ring (bicyclic) bond motifs is 1. The van der Waals surface area contributed by atoms with E-state index >= 15 is 0 Å². The highest BCUT2D eigenvalue weighted by molar-refractivity contribution is 5.96. The molecule has 6 nitrogen and oxygen atoms in total. The van der Waals surface area contributed by atoms with E-state index in [0.29, 0.717) is 23.1 Å². The van der Waals surface area contributed by atoms with Gasteiger partial charge in [-0.25, -0.2) is 4.98 Å². The number of aryl methyl sites for hydroxylation is 2. The van der Waals surface area contributed by atoms with Crippen molar-refractivity contribution in [2.45, 2.75) is 20.0 Å². The first-order valence-electron chi connectivity index (χ1n) is 7.99. The van der Waals surface area contributed by atoms with E-state index in [4.69, 9.17) is 0 Å². The number of nitro groups is 1. The highest BCUT2D eigenvalue weighted by Gasteiger charge is 2.16. The van der Waals surface area contributed by atoms with E-state index in [0.717, 1.165) is 16.8 Å². The van der Waals surface area contributed by atoms with Gasteiger partial charge in [-0.1, -0.05) is 42.0 Å². The van der Waals surface area contributed by atoms with E-state index in [1.165, 1.54) is 6.07 Å². The molecule has 1 unspecified atom stereocenters. The van der Waals surface area contributed by atoms with Gasteiger partial charge < -0.3 is 10.4 Å². The second kappa shape index (κ2) is 6.86. The molecule has 3 rings (SSSR count). The molecular formula is C19H19N3O3. The van der Waals surface area contributed by atoms with Crippen LogP contribution >= 0.6 is 0 Å². The Bertz CT molecular complexity index is 923. The molecule has 2 N–H and O–H groups in total. The largest absolute Gasteiger partial charge is 0.387 e. The topological polar surface area (TPSA) is 88.3 Å². The Balaban J connectivity index is 1.89. The van der Waals surface area contributed by atoms with E-state index < -0.39 is 11.0 Å². The highest BCUT2D eigenvalue weighted by Crippen LogP contribution is 2.30. The number of nitrogens with one attached hydrogen (secondary N) is 1. The van der Waals surface area contributed by atoms with Gasteiger partial charge in [0.15, 0.2) is 5.52 Å². The molecule has 0 fully saturated rings. The minimum Gasteiger partial charge on any atom is -0.387 e. The fraction of sp³-hybridized carbons (Fsp3) is 0.211. The zero-order chi connectivity index (χ0) is 18.0. The van der Waals surface area contributed by atoms with Crippen molar-refractivity contribution in [2.24, 2.45) is 0 Å². The summed E-state index contributed by atoms with van der Waals surface area (Å²) in [5.41, 5.74) is 3.67. The molecule has 6 heteroatoms. The van der Waals surface area contributed by atoms with Crippen LogP contribution in [0.2, 0.25) is 0 Å². The molecule has 1 atom stereocenters. The molecule has 1 heterocycles. The molecule has 128 valence electrons. The zero-order valence-electron chi connectivity index (χ0n) is 14.1. The second-order valence-corrected chi connectivity index (χ2v) is 6.05. The van der Waals surface area contributed by atoms with Crippen LogP contribution in [-0.2, 0) is 0 Å². The summed E-state index contributed by atoms with van der Waals surface area (Å²) in [6, 6.07) is 14.4. The quantitative estimate of drug-likeness (QED) is 0.544. The summed E-state index contributed by atoms with van der Waals surface area (Å²) in [7, 11) is 0. The van der Waals surface area contributed by atoms with Crippen LogP contribution in [0.5, 0.6) is 0 Å². The average Bonchev–Trinajstić information content (AvgIpc) is 2.59. The summed E-state index contributed by atoms with van der Waals surface area (Å²) in [4.78, 5) is 15.1. The number of hydrogen-bond acceptors (Lipinski definition) is 5. The van der Waals surface area contributed by atoms with E-state index in [9.17, 15) is 15.2 Å². The van der Waals surface area contributed by atoms with Gasteiger partial charge in [-0.2, -0.15) is 0 Å². The first kappa shape index (κ1) is 16.9. The van der Waals surface area contributed by atoms with Gasteiger partial charge in [0.25, 0.3) is 5.69 Å². The number of aliphatic hydroxyl groups excluding tert-OH is 1. The number of benzene rings is 2. The summed E-state index contributed by atoms with van der Waals surface area (Å²) < 4.78 is 0. The summed E-state index contributed by atoms with van der Waals surface area (Å²) in [6.45, 7) is 4.08.